The number of anilines is 2. The van der Waals surface area contributed by atoms with Gasteiger partial charge in [0.2, 0.25) is 0 Å². The molecule has 4 aromatic carbocycles. The minimum atomic E-state index is -0.774. The van der Waals surface area contributed by atoms with Crippen molar-refractivity contribution in [2.24, 2.45) is 0 Å². The largest absolute Gasteiger partial charge is 0.493 e. The number of hydrogen-bond donors (Lipinski definition) is 1. The first-order valence-corrected chi connectivity index (χ1v) is 16.2. The summed E-state index contributed by atoms with van der Waals surface area (Å²) in [6.45, 7) is 4.30. The van der Waals surface area contributed by atoms with Crippen LogP contribution >= 0.6 is 11.6 Å². The second kappa shape index (κ2) is 12.5. The van der Waals surface area contributed by atoms with Crippen LogP contribution in [0.1, 0.15) is 65.8 Å². The van der Waals surface area contributed by atoms with Gasteiger partial charge in [0.1, 0.15) is 11.3 Å². The number of ether oxygens (including phenoxy) is 1. The number of benzene rings is 4. The SMILES string of the molecule is CCCOc1ccc(Cl)cc1/C=C1\C(=O)NC(=O)N(c2cc3c4c(c2)[C@H](c2ccccc2)CCN4CC[C@@H]3c2ccccc2)C1=O. The van der Waals surface area contributed by atoms with Crippen molar-refractivity contribution in [2.45, 2.75) is 38.0 Å². The molecule has 8 heteroatoms. The molecule has 0 saturated carbocycles. The highest BCUT2D eigenvalue weighted by Crippen LogP contribution is 2.50. The molecule has 4 amide bonds. The summed E-state index contributed by atoms with van der Waals surface area (Å²) in [7, 11) is 0. The number of carbonyl (C=O) groups is 3. The Bertz CT molecular complexity index is 1780. The highest BCUT2D eigenvalue weighted by atomic mass is 35.5. The molecular formula is C38H34ClN3O4. The van der Waals surface area contributed by atoms with E-state index in [4.69, 9.17) is 16.3 Å². The van der Waals surface area contributed by atoms with Gasteiger partial charge in [0.25, 0.3) is 11.8 Å². The second-order valence-corrected chi connectivity index (χ2v) is 12.4. The molecule has 232 valence electrons. The van der Waals surface area contributed by atoms with E-state index < -0.39 is 17.8 Å². The van der Waals surface area contributed by atoms with Crippen LogP contribution in [-0.4, -0.2) is 37.5 Å². The Balaban J connectivity index is 1.37. The highest BCUT2D eigenvalue weighted by molar-refractivity contribution is 6.39. The minimum absolute atomic E-state index is 0.0880. The van der Waals surface area contributed by atoms with Crippen molar-refractivity contribution in [2.75, 3.05) is 29.5 Å². The monoisotopic (exact) mass is 631 g/mol. The summed E-state index contributed by atoms with van der Waals surface area (Å²) in [6, 6.07) is 29.0. The minimum Gasteiger partial charge on any atom is -0.493 e. The first-order valence-electron chi connectivity index (χ1n) is 15.8. The Labute approximate surface area is 273 Å². The molecular weight excluding hydrogens is 598 g/mol. The third-order valence-corrected chi connectivity index (χ3v) is 9.33. The van der Waals surface area contributed by atoms with Crippen LogP contribution in [0.2, 0.25) is 5.02 Å². The lowest BCUT2D eigenvalue weighted by atomic mass is 9.76. The normalized spacial score (nSPS) is 20.0. The molecule has 0 unspecified atom stereocenters. The molecule has 1 saturated heterocycles. The standard InChI is InChI=1S/C38H34ClN3O4/c1-2-19-46-34-14-13-27(39)20-26(34)21-33-36(43)40-38(45)42(37(33)44)28-22-31-29(24-9-5-3-6-10-24)15-17-41-18-16-30(32(23-28)35(31)41)25-11-7-4-8-12-25/h3-14,20-23,29-30H,2,15-19H2,1H3,(H,40,43,45)/b33-21+/t29-,30+. The van der Waals surface area contributed by atoms with Crippen LogP contribution in [0.3, 0.4) is 0 Å². The number of barbiturate groups is 1. The predicted molar refractivity (Wildman–Crippen MR) is 181 cm³/mol. The van der Waals surface area contributed by atoms with Gasteiger partial charge in [0.05, 0.1) is 12.3 Å². The lowest BCUT2D eigenvalue weighted by molar-refractivity contribution is -0.122. The molecule has 3 aliphatic heterocycles. The summed E-state index contributed by atoms with van der Waals surface area (Å²) in [5.74, 6) is -0.784. The van der Waals surface area contributed by atoms with Crippen molar-refractivity contribution >= 4 is 46.9 Å². The molecule has 7 rings (SSSR count). The Hall–Kier alpha value is -4.88. The Morgan fingerprint density at radius 3 is 2.04 bits per heavy atom. The molecule has 7 nitrogen and oxygen atoms in total. The number of rotatable bonds is 7. The molecule has 0 radical (unpaired) electrons. The van der Waals surface area contributed by atoms with Crippen molar-refractivity contribution in [1.82, 2.24) is 5.32 Å². The molecule has 46 heavy (non-hydrogen) atoms. The molecule has 3 heterocycles. The summed E-state index contributed by atoms with van der Waals surface area (Å²) in [4.78, 5) is 44.4. The zero-order valence-corrected chi connectivity index (χ0v) is 26.3. The first-order chi connectivity index (χ1) is 22.4. The van der Waals surface area contributed by atoms with Crippen molar-refractivity contribution in [3.8, 4) is 5.75 Å². The third kappa shape index (κ3) is 5.45. The second-order valence-electron chi connectivity index (χ2n) is 12.0. The molecule has 4 aromatic rings. The summed E-state index contributed by atoms with van der Waals surface area (Å²) < 4.78 is 5.87. The summed E-state index contributed by atoms with van der Waals surface area (Å²) in [6.07, 6.45) is 4.06. The maximum Gasteiger partial charge on any atom is 0.335 e. The van der Waals surface area contributed by atoms with E-state index in [1.807, 2.05) is 55.5 Å². The molecule has 0 bridgehead atoms. The van der Waals surface area contributed by atoms with Gasteiger partial charge >= 0.3 is 6.03 Å². The van der Waals surface area contributed by atoms with E-state index in [-0.39, 0.29) is 17.4 Å². The number of amides is 4. The van der Waals surface area contributed by atoms with Crippen LogP contribution in [0.5, 0.6) is 5.75 Å². The van der Waals surface area contributed by atoms with Crippen molar-refractivity contribution in [1.29, 1.82) is 0 Å². The fraction of sp³-hybridized carbons (Fsp3) is 0.237. The van der Waals surface area contributed by atoms with Gasteiger partial charge < -0.3 is 9.64 Å². The number of nitrogens with one attached hydrogen (secondary N) is 1. The first kappa shape index (κ1) is 29.8. The quantitative estimate of drug-likeness (QED) is 0.167. The number of hydrogen-bond acceptors (Lipinski definition) is 5. The molecule has 0 aromatic heterocycles. The van der Waals surface area contributed by atoms with Gasteiger partial charge in [0, 0.05) is 41.2 Å². The maximum atomic E-state index is 14.2. The van der Waals surface area contributed by atoms with Gasteiger partial charge in [-0.3, -0.25) is 14.9 Å². The number of nitrogens with zero attached hydrogens (tertiary/aromatic N) is 2. The molecule has 2 atom stereocenters. The predicted octanol–water partition coefficient (Wildman–Crippen LogP) is 7.67. The lowest BCUT2D eigenvalue weighted by Crippen LogP contribution is -2.54. The third-order valence-electron chi connectivity index (χ3n) is 9.09. The molecule has 1 N–H and O–H groups in total. The van der Waals surface area contributed by atoms with Crippen molar-refractivity contribution < 1.29 is 19.1 Å². The van der Waals surface area contributed by atoms with Gasteiger partial charge in [-0.2, -0.15) is 0 Å². The maximum absolute atomic E-state index is 14.2. The zero-order chi connectivity index (χ0) is 31.8. The summed E-state index contributed by atoms with van der Waals surface area (Å²) >= 11 is 6.30. The van der Waals surface area contributed by atoms with Crippen LogP contribution in [0.25, 0.3) is 6.08 Å². The highest BCUT2D eigenvalue weighted by Gasteiger charge is 2.40. The average Bonchev–Trinajstić information content (AvgIpc) is 3.07. The lowest BCUT2D eigenvalue weighted by Gasteiger charge is -2.44. The number of imide groups is 2. The van der Waals surface area contributed by atoms with Crippen LogP contribution in [0.4, 0.5) is 16.2 Å². The van der Waals surface area contributed by atoms with Crippen molar-refractivity contribution in [3.05, 3.63) is 129 Å². The molecule has 0 spiro atoms. The molecule has 1 fully saturated rings. The van der Waals surface area contributed by atoms with E-state index in [1.54, 1.807) is 18.2 Å². The van der Waals surface area contributed by atoms with Gasteiger partial charge in [-0.25, -0.2) is 9.69 Å². The Morgan fingerprint density at radius 1 is 0.848 bits per heavy atom. The number of halogens is 1. The van der Waals surface area contributed by atoms with E-state index in [2.05, 4.69) is 34.5 Å². The van der Waals surface area contributed by atoms with E-state index in [9.17, 15) is 14.4 Å². The molecule has 0 aliphatic carbocycles. The van der Waals surface area contributed by atoms with Gasteiger partial charge in [-0.05, 0) is 77.9 Å². The number of carbonyl (C=O) groups excluding carboxylic acids is 3. The van der Waals surface area contributed by atoms with Crippen LogP contribution < -0.4 is 19.9 Å². The van der Waals surface area contributed by atoms with Crippen LogP contribution in [0.15, 0.2) is 96.6 Å². The van der Waals surface area contributed by atoms with Crippen LogP contribution in [-0.2, 0) is 9.59 Å². The summed E-state index contributed by atoms with van der Waals surface area (Å²) in [5, 5.41) is 2.84. The van der Waals surface area contributed by atoms with Crippen molar-refractivity contribution in [3.63, 3.8) is 0 Å². The van der Waals surface area contributed by atoms with Crippen LogP contribution in [0, 0.1) is 0 Å². The fourth-order valence-corrected chi connectivity index (χ4v) is 7.17. The fourth-order valence-electron chi connectivity index (χ4n) is 6.99. The van der Waals surface area contributed by atoms with Gasteiger partial charge in [-0.1, -0.05) is 79.2 Å². The smallest absolute Gasteiger partial charge is 0.335 e. The van der Waals surface area contributed by atoms with Gasteiger partial charge in [-0.15, -0.1) is 0 Å². The Morgan fingerprint density at radius 2 is 1.46 bits per heavy atom. The van der Waals surface area contributed by atoms with E-state index in [0.717, 1.165) is 48.4 Å². The summed E-state index contributed by atoms with van der Waals surface area (Å²) in [5.41, 5.74) is 6.47. The topological polar surface area (TPSA) is 79.0 Å². The average molecular weight is 632 g/mol. The van der Waals surface area contributed by atoms with E-state index >= 15 is 0 Å². The van der Waals surface area contributed by atoms with E-state index in [1.165, 1.54) is 22.9 Å². The zero-order valence-electron chi connectivity index (χ0n) is 25.5. The number of urea groups is 1. The van der Waals surface area contributed by atoms with E-state index in [0.29, 0.717) is 28.6 Å². The van der Waals surface area contributed by atoms with Gasteiger partial charge in [0.15, 0.2) is 0 Å². The Kier molecular flexibility index (Phi) is 8.09. The molecule has 3 aliphatic rings.